The van der Waals surface area contributed by atoms with Gasteiger partial charge in [0.1, 0.15) is 42.4 Å². The Hall–Kier alpha value is -6.05. The molecule has 0 saturated carbocycles. The minimum absolute atomic E-state index is 0. The van der Waals surface area contributed by atoms with Crippen LogP contribution in [0.25, 0.3) is 0 Å². The van der Waals surface area contributed by atoms with Crippen molar-refractivity contribution in [2.24, 2.45) is 11.5 Å². The van der Waals surface area contributed by atoms with Gasteiger partial charge in [-0.2, -0.15) is 41.3 Å². The quantitative estimate of drug-likeness (QED) is 0.0879. The number of anilines is 3. The van der Waals surface area contributed by atoms with Gasteiger partial charge in [0.15, 0.2) is 12.2 Å². The zero-order valence-electron chi connectivity index (χ0n) is 35.0. The highest BCUT2D eigenvalue weighted by Gasteiger charge is 2.62. The average molecular weight is 972 g/mol. The standard InChI is InChI=1S/2C12H16F2N4O4.C12H15F2N3O5.CH4/c1-2-6-9(22-8(19)5-15)12(13,14)10(21-6)18-4-3-7(16)17-11(18)20;1-2-6-9(20)12(13,14)10(22-6)18-4-3-7(17-11(18)21)16-8(19)5-15;1-2-8(18)21-5-6-9(19)12(13,14)10(22-6)17-4-3-7(15)16-11(17)20;/h3-4,6,9-10H,2,5,15H2,1H3,(H2,16,17,20);3-4,6,9-10,20H,2,5,15H2,1H3,(H,16,17,19,21);3-4,6,9-10,19H,2,5H2,1H3,(H2,15,16,20);1H4/t3*6-,9-,10-;/m111./s1. The molecule has 0 bridgehead atoms. The van der Waals surface area contributed by atoms with E-state index in [1.165, 1.54) is 19.1 Å². The second-order valence-electron chi connectivity index (χ2n) is 14.3. The molecule has 3 aromatic rings. The maximum absolute atomic E-state index is 14.5. The Kier molecular flexibility index (Phi) is 18.7. The molecule has 30 heteroatoms. The number of aliphatic hydroxyl groups is 2. The third-order valence-electron chi connectivity index (χ3n) is 9.78. The summed E-state index contributed by atoms with van der Waals surface area (Å²) < 4.78 is 112. The molecule has 9 atom stereocenters. The van der Waals surface area contributed by atoms with Gasteiger partial charge in [-0.05, 0) is 31.0 Å². The van der Waals surface area contributed by atoms with Gasteiger partial charge in [-0.1, -0.05) is 28.2 Å². The van der Waals surface area contributed by atoms with Gasteiger partial charge in [-0.25, -0.2) is 14.4 Å². The molecule has 0 unspecified atom stereocenters. The first kappa shape index (κ1) is 55.3. The molecule has 3 fully saturated rings. The van der Waals surface area contributed by atoms with Crippen LogP contribution < -0.4 is 45.3 Å². The lowest BCUT2D eigenvalue weighted by Crippen LogP contribution is -2.44. The predicted octanol–water partition coefficient (Wildman–Crippen LogP) is -0.609. The van der Waals surface area contributed by atoms with Crippen LogP contribution in [0.5, 0.6) is 0 Å². The van der Waals surface area contributed by atoms with Gasteiger partial charge in [-0.15, -0.1) is 0 Å². The first-order valence-electron chi connectivity index (χ1n) is 19.7. The molecule has 3 aliphatic rings. The number of nitrogens with zero attached hydrogens (tertiary/aromatic N) is 6. The van der Waals surface area contributed by atoms with E-state index in [9.17, 15) is 65.3 Å². The smallest absolute Gasteiger partial charge is 0.351 e. The molecular weight excluding hydrogens is 920 g/mol. The van der Waals surface area contributed by atoms with Gasteiger partial charge < -0.3 is 62.1 Å². The number of aromatic nitrogens is 6. The molecule has 1 amide bonds. The van der Waals surface area contributed by atoms with Crippen molar-refractivity contribution in [3.8, 4) is 0 Å². The lowest BCUT2D eigenvalue weighted by Gasteiger charge is -2.23. The van der Waals surface area contributed by atoms with E-state index in [-0.39, 0.29) is 50.7 Å². The van der Waals surface area contributed by atoms with E-state index in [0.717, 1.165) is 24.7 Å². The highest BCUT2D eigenvalue weighted by molar-refractivity contribution is 5.91. The van der Waals surface area contributed by atoms with E-state index in [1.54, 1.807) is 13.8 Å². The number of esters is 2. The number of carbonyl (C=O) groups is 3. The topological polar surface area (TPSA) is 359 Å². The van der Waals surface area contributed by atoms with E-state index in [1.807, 2.05) is 0 Å². The molecule has 0 aromatic carbocycles. The van der Waals surface area contributed by atoms with Crippen molar-refractivity contribution in [1.29, 1.82) is 0 Å². The number of hydrogen-bond acceptors (Lipinski definition) is 20. The summed E-state index contributed by atoms with van der Waals surface area (Å²) in [6, 6.07) is 3.51. The van der Waals surface area contributed by atoms with Crippen molar-refractivity contribution in [2.45, 2.75) is 121 Å². The van der Waals surface area contributed by atoms with Crippen LogP contribution in [0.1, 0.15) is 66.1 Å². The van der Waals surface area contributed by atoms with Crippen molar-refractivity contribution >= 4 is 35.3 Å². The van der Waals surface area contributed by atoms with Crippen LogP contribution in [0.15, 0.2) is 51.2 Å². The number of aliphatic hydroxyl groups excluding tert-OH is 2. The molecule has 374 valence electrons. The number of carbonyl (C=O) groups excluding carboxylic acids is 3. The van der Waals surface area contributed by atoms with E-state index in [0.29, 0.717) is 13.7 Å². The van der Waals surface area contributed by atoms with Crippen molar-refractivity contribution in [3.63, 3.8) is 0 Å². The van der Waals surface area contributed by atoms with Crippen LogP contribution in [-0.4, -0.2) is 131 Å². The van der Waals surface area contributed by atoms with Gasteiger partial charge in [0.2, 0.25) is 24.6 Å². The number of hydrogen-bond donors (Lipinski definition) is 7. The minimum atomic E-state index is -3.76. The highest BCUT2D eigenvalue weighted by atomic mass is 19.3. The van der Waals surface area contributed by atoms with Gasteiger partial charge in [0, 0.05) is 25.0 Å². The Morgan fingerprint density at radius 3 is 1.54 bits per heavy atom. The van der Waals surface area contributed by atoms with E-state index in [2.05, 4.69) is 20.3 Å². The summed E-state index contributed by atoms with van der Waals surface area (Å²) in [6.07, 6.45) is -12.2. The first-order chi connectivity index (χ1) is 30.9. The lowest BCUT2D eigenvalue weighted by atomic mass is 10.1. The van der Waals surface area contributed by atoms with Crippen molar-refractivity contribution < 1.29 is 74.6 Å². The molecule has 0 radical (unpaired) electrons. The molecule has 0 aliphatic carbocycles. The van der Waals surface area contributed by atoms with Crippen LogP contribution in [0, 0.1) is 0 Å². The third kappa shape index (κ3) is 12.3. The highest BCUT2D eigenvalue weighted by Crippen LogP contribution is 2.46. The number of nitrogens with one attached hydrogen (secondary N) is 1. The molecule has 3 saturated heterocycles. The van der Waals surface area contributed by atoms with Crippen LogP contribution in [0.4, 0.5) is 43.8 Å². The van der Waals surface area contributed by atoms with Crippen molar-refractivity contribution in [2.75, 3.05) is 36.5 Å². The van der Waals surface area contributed by atoms with E-state index < -0.39 is 121 Å². The lowest BCUT2D eigenvalue weighted by molar-refractivity contribution is -0.175. The Morgan fingerprint density at radius 2 is 1.12 bits per heavy atom. The molecule has 0 spiro atoms. The summed E-state index contributed by atoms with van der Waals surface area (Å²) in [7, 11) is 0. The number of amides is 1. The summed E-state index contributed by atoms with van der Waals surface area (Å²) >= 11 is 0. The molecule has 3 aromatic heterocycles. The largest absolute Gasteiger partial charge is 0.463 e. The third-order valence-corrected chi connectivity index (χ3v) is 9.78. The van der Waals surface area contributed by atoms with Gasteiger partial charge in [0.05, 0.1) is 19.2 Å². The summed E-state index contributed by atoms with van der Waals surface area (Å²) in [4.78, 5) is 78.8. The fourth-order valence-electron chi connectivity index (χ4n) is 6.36. The summed E-state index contributed by atoms with van der Waals surface area (Å²) in [5.74, 6) is -13.5. The summed E-state index contributed by atoms with van der Waals surface area (Å²) in [5, 5.41) is 21.4. The van der Waals surface area contributed by atoms with Crippen LogP contribution >= 0.6 is 0 Å². The molecule has 6 heterocycles. The average Bonchev–Trinajstić information content (AvgIpc) is 3.75. The molecule has 24 nitrogen and oxygen atoms in total. The van der Waals surface area contributed by atoms with Gasteiger partial charge >= 0.3 is 46.8 Å². The summed E-state index contributed by atoms with van der Waals surface area (Å²) in [6.45, 7) is 3.33. The maximum atomic E-state index is 14.5. The van der Waals surface area contributed by atoms with Crippen molar-refractivity contribution in [3.05, 3.63) is 68.2 Å². The SMILES string of the molecule is C.CCC(=O)OC[C@H]1O[C@@H](n2ccc(N)nc2=O)C(F)(F)[C@@H]1O.CC[C@H]1O[C@@H](n2ccc(N)nc2=O)C(F)(F)[C@@H]1OC(=O)CN.CC[C@H]1O[C@@H](n2ccc(NC(=O)CN)nc2=O)C(F)(F)[C@@H]1O. The maximum Gasteiger partial charge on any atom is 0.351 e. The fourth-order valence-corrected chi connectivity index (χ4v) is 6.36. The molecule has 6 rings (SSSR count). The Bertz CT molecular complexity index is 2380. The molecular formula is C37H51F6N11O13. The van der Waals surface area contributed by atoms with E-state index >= 15 is 0 Å². The Labute approximate surface area is 375 Å². The predicted molar refractivity (Wildman–Crippen MR) is 218 cm³/mol. The number of halogens is 6. The van der Waals surface area contributed by atoms with Crippen LogP contribution in [0.3, 0.4) is 0 Å². The monoisotopic (exact) mass is 971 g/mol. The molecule has 11 N–H and O–H groups in total. The zero-order valence-corrected chi connectivity index (χ0v) is 35.0. The number of alkyl halides is 6. The van der Waals surface area contributed by atoms with Gasteiger partial charge in [-0.3, -0.25) is 28.1 Å². The number of nitrogens with two attached hydrogens (primary N) is 4. The normalized spacial score (nSPS) is 26.4. The molecule has 3 aliphatic heterocycles. The number of nitrogen functional groups attached to an aromatic ring is 2. The van der Waals surface area contributed by atoms with Crippen LogP contribution in [-0.2, 0) is 38.1 Å². The Balaban J connectivity index is 0.000000264. The fraction of sp³-hybridized carbons (Fsp3) is 0.595. The van der Waals surface area contributed by atoms with Crippen LogP contribution in [0.2, 0.25) is 0 Å². The van der Waals surface area contributed by atoms with Gasteiger partial charge in [0.25, 0.3) is 0 Å². The Morgan fingerprint density at radius 1 is 0.687 bits per heavy atom. The number of rotatable bonds is 12. The number of ether oxygens (including phenoxy) is 5. The van der Waals surface area contributed by atoms with E-state index in [4.69, 9.17) is 46.6 Å². The second kappa shape index (κ2) is 22.6. The van der Waals surface area contributed by atoms with Crippen molar-refractivity contribution in [1.82, 2.24) is 28.7 Å². The first-order valence-corrected chi connectivity index (χ1v) is 19.7. The minimum Gasteiger partial charge on any atom is -0.463 e. The summed E-state index contributed by atoms with van der Waals surface area (Å²) in [5.41, 5.74) is 17.7. The molecule has 67 heavy (non-hydrogen) atoms. The zero-order chi connectivity index (χ0) is 49.5. The second-order valence-corrected chi connectivity index (χ2v) is 14.3.